The second-order valence-corrected chi connectivity index (χ2v) is 7.73. The van der Waals surface area contributed by atoms with Crippen molar-refractivity contribution in [2.75, 3.05) is 6.54 Å². The van der Waals surface area contributed by atoms with Crippen LogP contribution >= 0.6 is 0 Å². The molecular weight excluding hydrogens is 206 g/mol. The highest BCUT2D eigenvalue weighted by atomic mass is 28.3. The Morgan fingerprint density at radius 3 is 1.60 bits per heavy atom. The SMILES string of the molecule is CC(C)(C)O[SiH](CCCN)OC(C)(C)C. The van der Waals surface area contributed by atoms with Gasteiger partial charge in [-0.3, -0.25) is 0 Å². The summed E-state index contributed by atoms with van der Waals surface area (Å²) in [5.74, 6) is 0. The first-order valence-corrected chi connectivity index (χ1v) is 7.46. The molecule has 0 aliphatic carbocycles. The van der Waals surface area contributed by atoms with Gasteiger partial charge >= 0.3 is 9.28 Å². The standard InChI is InChI=1S/C11H27NO2Si/c1-10(2,3)13-15(9-7-8-12)14-11(4,5)6/h15H,7-9,12H2,1-6H3. The predicted octanol–water partition coefficient (Wildman–Crippen LogP) is 2.19. The average molecular weight is 233 g/mol. The molecule has 0 heterocycles. The summed E-state index contributed by atoms with van der Waals surface area (Å²) in [5, 5.41) is 0. The zero-order valence-electron chi connectivity index (χ0n) is 11.1. The third-order valence-corrected chi connectivity index (χ3v) is 4.43. The normalized spacial score (nSPS) is 13.6. The third kappa shape index (κ3) is 10.4. The Balaban J connectivity index is 4.19. The molecule has 3 nitrogen and oxygen atoms in total. The van der Waals surface area contributed by atoms with Gasteiger partial charge in [0.15, 0.2) is 0 Å². The van der Waals surface area contributed by atoms with Crippen LogP contribution < -0.4 is 5.73 Å². The van der Waals surface area contributed by atoms with Crippen LogP contribution in [0.4, 0.5) is 0 Å². The van der Waals surface area contributed by atoms with Gasteiger partial charge in [0.05, 0.1) is 0 Å². The smallest absolute Gasteiger partial charge is 0.322 e. The van der Waals surface area contributed by atoms with Gasteiger partial charge in [0.1, 0.15) is 0 Å². The topological polar surface area (TPSA) is 44.5 Å². The van der Waals surface area contributed by atoms with Crippen molar-refractivity contribution in [1.29, 1.82) is 0 Å². The van der Waals surface area contributed by atoms with Crippen LogP contribution in [0, 0.1) is 0 Å². The molecule has 0 saturated heterocycles. The first-order valence-electron chi connectivity index (χ1n) is 5.70. The molecule has 0 bridgehead atoms. The fraction of sp³-hybridized carbons (Fsp3) is 1.00. The summed E-state index contributed by atoms with van der Waals surface area (Å²) < 4.78 is 12.0. The molecule has 0 unspecified atom stereocenters. The summed E-state index contributed by atoms with van der Waals surface area (Å²) >= 11 is 0. The van der Waals surface area contributed by atoms with Crippen LogP contribution in [-0.2, 0) is 8.85 Å². The number of rotatable bonds is 5. The molecule has 4 heteroatoms. The molecule has 0 aromatic heterocycles. The summed E-state index contributed by atoms with van der Waals surface area (Å²) in [7, 11) is -1.58. The van der Waals surface area contributed by atoms with Gasteiger partial charge in [-0.05, 0) is 60.6 Å². The van der Waals surface area contributed by atoms with Gasteiger partial charge in [-0.1, -0.05) is 0 Å². The van der Waals surface area contributed by atoms with Gasteiger partial charge in [-0.15, -0.1) is 0 Å². The van der Waals surface area contributed by atoms with Crippen molar-refractivity contribution in [2.45, 2.75) is 65.2 Å². The molecule has 0 rings (SSSR count). The highest BCUT2D eigenvalue weighted by Gasteiger charge is 2.25. The highest BCUT2D eigenvalue weighted by molar-refractivity contribution is 6.44. The molecule has 92 valence electrons. The molecular formula is C11H27NO2Si. The molecule has 15 heavy (non-hydrogen) atoms. The van der Waals surface area contributed by atoms with E-state index in [1.165, 1.54) is 0 Å². The van der Waals surface area contributed by atoms with Gasteiger partial charge in [-0.2, -0.15) is 0 Å². The zero-order chi connectivity index (χ0) is 12.1. The van der Waals surface area contributed by atoms with E-state index >= 15 is 0 Å². The van der Waals surface area contributed by atoms with E-state index in [2.05, 4.69) is 41.5 Å². The summed E-state index contributed by atoms with van der Waals surface area (Å²) in [4.78, 5) is 0. The highest BCUT2D eigenvalue weighted by Crippen LogP contribution is 2.18. The van der Waals surface area contributed by atoms with Crippen LogP contribution in [0.15, 0.2) is 0 Å². The number of nitrogens with two attached hydrogens (primary N) is 1. The minimum Gasteiger partial charge on any atom is -0.392 e. The maximum Gasteiger partial charge on any atom is 0.322 e. The fourth-order valence-electron chi connectivity index (χ4n) is 1.22. The predicted molar refractivity (Wildman–Crippen MR) is 67.3 cm³/mol. The molecule has 0 atom stereocenters. The van der Waals surface area contributed by atoms with E-state index < -0.39 is 9.28 Å². The first kappa shape index (κ1) is 15.1. The lowest BCUT2D eigenvalue weighted by Crippen LogP contribution is -2.39. The van der Waals surface area contributed by atoms with Gasteiger partial charge in [0, 0.05) is 11.2 Å². The molecule has 0 aromatic carbocycles. The summed E-state index contributed by atoms with van der Waals surface area (Å²) in [5.41, 5.74) is 5.29. The van der Waals surface area contributed by atoms with Crippen LogP contribution in [0.3, 0.4) is 0 Å². The zero-order valence-corrected chi connectivity index (χ0v) is 12.2. The lowest BCUT2D eigenvalue weighted by Gasteiger charge is -2.31. The lowest BCUT2D eigenvalue weighted by atomic mass is 10.2. The molecule has 0 aliphatic rings. The molecule has 2 N–H and O–H groups in total. The second kappa shape index (κ2) is 5.99. The van der Waals surface area contributed by atoms with E-state index in [0.29, 0.717) is 6.54 Å². The Bertz CT molecular complexity index is 156. The van der Waals surface area contributed by atoms with Crippen LogP contribution in [0.1, 0.15) is 48.0 Å². The van der Waals surface area contributed by atoms with E-state index in [1.807, 2.05) is 0 Å². The van der Waals surface area contributed by atoms with Crippen LogP contribution in [0.5, 0.6) is 0 Å². The summed E-state index contributed by atoms with van der Waals surface area (Å²) in [6.07, 6.45) is 0.989. The molecule has 0 radical (unpaired) electrons. The monoisotopic (exact) mass is 233 g/mol. The third-order valence-electron chi connectivity index (χ3n) is 1.61. The minimum atomic E-state index is -1.58. The number of hydrogen-bond acceptors (Lipinski definition) is 3. The van der Waals surface area contributed by atoms with Crippen molar-refractivity contribution in [3.63, 3.8) is 0 Å². The van der Waals surface area contributed by atoms with Crippen LogP contribution in [0.2, 0.25) is 6.04 Å². The van der Waals surface area contributed by atoms with Gasteiger partial charge in [0.2, 0.25) is 0 Å². The Hall–Kier alpha value is 0.0969. The molecule has 0 fully saturated rings. The second-order valence-electron chi connectivity index (χ2n) is 5.82. The maximum absolute atomic E-state index is 5.98. The minimum absolute atomic E-state index is 0.114. The summed E-state index contributed by atoms with van der Waals surface area (Å²) in [6, 6.07) is 0.991. The van der Waals surface area contributed by atoms with Crippen molar-refractivity contribution < 1.29 is 8.85 Å². The lowest BCUT2D eigenvalue weighted by molar-refractivity contribution is 0.0337. The fourth-order valence-corrected chi connectivity index (χ4v) is 3.65. The van der Waals surface area contributed by atoms with Crippen molar-refractivity contribution in [1.82, 2.24) is 0 Å². The van der Waals surface area contributed by atoms with E-state index in [9.17, 15) is 0 Å². The van der Waals surface area contributed by atoms with E-state index in [-0.39, 0.29) is 11.2 Å². The Kier molecular flexibility index (Phi) is 6.03. The van der Waals surface area contributed by atoms with E-state index in [0.717, 1.165) is 12.5 Å². The first-order chi connectivity index (χ1) is 6.64. The van der Waals surface area contributed by atoms with Crippen molar-refractivity contribution in [3.8, 4) is 0 Å². The van der Waals surface area contributed by atoms with Crippen LogP contribution in [0.25, 0.3) is 0 Å². The van der Waals surface area contributed by atoms with E-state index in [4.69, 9.17) is 14.6 Å². The molecule has 0 aliphatic heterocycles. The largest absolute Gasteiger partial charge is 0.392 e. The Morgan fingerprint density at radius 1 is 0.933 bits per heavy atom. The van der Waals surface area contributed by atoms with Gasteiger partial charge < -0.3 is 14.6 Å². The Morgan fingerprint density at radius 2 is 1.33 bits per heavy atom. The maximum atomic E-state index is 5.98. The molecule has 0 saturated carbocycles. The van der Waals surface area contributed by atoms with Crippen molar-refractivity contribution in [3.05, 3.63) is 0 Å². The quantitative estimate of drug-likeness (QED) is 0.740. The van der Waals surface area contributed by atoms with Crippen LogP contribution in [-0.4, -0.2) is 27.0 Å². The van der Waals surface area contributed by atoms with Crippen molar-refractivity contribution in [2.24, 2.45) is 5.73 Å². The molecule has 0 amide bonds. The van der Waals surface area contributed by atoms with Gasteiger partial charge in [0.25, 0.3) is 0 Å². The Labute approximate surface area is 96.2 Å². The molecule has 0 aromatic rings. The summed E-state index contributed by atoms with van der Waals surface area (Å²) in [6.45, 7) is 13.1. The average Bonchev–Trinajstić information content (AvgIpc) is 1.94. The van der Waals surface area contributed by atoms with E-state index in [1.54, 1.807) is 0 Å². The van der Waals surface area contributed by atoms with Crippen molar-refractivity contribution >= 4 is 9.28 Å². The van der Waals surface area contributed by atoms with Gasteiger partial charge in [-0.25, -0.2) is 0 Å². The number of hydrogen-bond donors (Lipinski definition) is 1. The molecule has 0 spiro atoms.